The predicted molar refractivity (Wildman–Crippen MR) is 76.4 cm³/mol. The number of aryl methyl sites for hydroxylation is 2. The van der Waals surface area contributed by atoms with Gasteiger partial charge in [0.1, 0.15) is 5.76 Å². The normalized spacial score (nSPS) is 14.1. The van der Waals surface area contributed by atoms with Gasteiger partial charge in [0.15, 0.2) is 0 Å². The molecule has 5 heteroatoms. The molecule has 2 heterocycles. The van der Waals surface area contributed by atoms with Crippen LogP contribution in [0.25, 0.3) is 0 Å². The summed E-state index contributed by atoms with van der Waals surface area (Å²) in [5.74, 6) is -0.621. The van der Waals surface area contributed by atoms with Gasteiger partial charge >= 0.3 is 5.97 Å². The fraction of sp³-hybridized carbons (Fsp3) is 0.250. The molecule has 0 atom stereocenters. The van der Waals surface area contributed by atoms with Gasteiger partial charge in [-0.2, -0.15) is 0 Å². The molecule has 1 aliphatic rings. The number of carboxylic acid groups (broad SMARTS) is 1. The van der Waals surface area contributed by atoms with E-state index in [1.165, 1.54) is 6.07 Å². The number of furan rings is 1. The summed E-state index contributed by atoms with van der Waals surface area (Å²) in [5.41, 5.74) is 2.75. The van der Waals surface area contributed by atoms with E-state index in [4.69, 9.17) is 9.52 Å². The summed E-state index contributed by atoms with van der Waals surface area (Å²) >= 11 is 0. The molecular weight excluding hydrogens is 270 g/mol. The van der Waals surface area contributed by atoms with E-state index in [1.54, 1.807) is 11.8 Å². The van der Waals surface area contributed by atoms with Crippen molar-refractivity contribution in [1.29, 1.82) is 0 Å². The number of rotatable bonds is 3. The van der Waals surface area contributed by atoms with Crippen LogP contribution in [0.2, 0.25) is 0 Å². The van der Waals surface area contributed by atoms with E-state index in [0.29, 0.717) is 18.7 Å². The van der Waals surface area contributed by atoms with Gasteiger partial charge in [-0.3, -0.25) is 4.79 Å². The Hall–Kier alpha value is -2.56. The SMILES string of the molecule is Cc1oc(C(=O)O)cc1CN1C(=O)CCc2ccccc21. The van der Waals surface area contributed by atoms with Crippen molar-refractivity contribution in [3.8, 4) is 0 Å². The summed E-state index contributed by atoms with van der Waals surface area (Å²) < 4.78 is 5.20. The number of hydrogen-bond acceptors (Lipinski definition) is 3. The van der Waals surface area contributed by atoms with E-state index in [2.05, 4.69) is 0 Å². The maximum Gasteiger partial charge on any atom is 0.371 e. The Morgan fingerprint density at radius 2 is 2.10 bits per heavy atom. The average molecular weight is 285 g/mol. The minimum Gasteiger partial charge on any atom is -0.475 e. The van der Waals surface area contributed by atoms with Crippen molar-refractivity contribution < 1.29 is 19.1 Å². The van der Waals surface area contributed by atoms with Gasteiger partial charge in [0, 0.05) is 17.7 Å². The second-order valence-corrected chi connectivity index (χ2v) is 5.11. The van der Waals surface area contributed by atoms with E-state index in [-0.39, 0.29) is 11.7 Å². The van der Waals surface area contributed by atoms with E-state index in [0.717, 1.165) is 23.2 Å². The van der Waals surface area contributed by atoms with Crippen LogP contribution in [-0.2, 0) is 17.8 Å². The topological polar surface area (TPSA) is 70.8 Å². The minimum absolute atomic E-state index is 0.0474. The Morgan fingerprint density at radius 3 is 2.81 bits per heavy atom. The first kappa shape index (κ1) is 13.4. The quantitative estimate of drug-likeness (QED) is 0.941. The first-order valence-corrected chi connectivity index (χ1v) is 6.77. The smallest absolute Gasteiger partial charge is 0.371 e. The van der Waals surface area contributed by atoms with Crippen LogP contribution in [-0.4, -0.2) is 17.0 Å². The van der Waals surface area contributed by atoms with Crippen molar-refractivity contribution >= 4 is 17.6 Å². The zero-order chi connectivity index (χ0) is 15.0. The molecule has 0 saturated heterocycles. The molecule has 0 fully saturated rings. The molecule has 1 N–H and O–H groups in total. The molecule has 0 aliphatic carbocycles. The Labute approximate surface area is 121 Å². The molecule has 0 radical (unpaired) electrons. The summed E-state index contributed by atoms with van der Waals surface area (Å²) in [6, 6.07) is 9.27. The number of aromatic carboxylic acids is 1. The lowest BCUT2D eigenvalue weighted by atomic mass is 10.0. The third-order valence-electron chi connectivity index (χ3n) is 3.75. The minimum atomic E-state index is -1.10. The first-order valence-electron chi connectivity index (χ1n) is 6.77. The van der Waals surface area contributed by atoms with Crippen molar-refractivity contribution in [3.05, 3.63) is 53.0 Å². The third-order valence-corrected chi connectivity index (χ3v) is 3.75. The summed E-state index contributed by atoms with van der Waals surface area (Å²) in [5, 5.41) is 8.96. The zero-order valence-electron chi connectivity index (χ0n) is 11.6. The van der Waals surface area contributed by atoms with Gasteiger partial charge < -0.3 is 14.4 Å². The summed E-state index contributed by atoms with van der Waals surface area (Å²) in [7, 11) is 0. The molecule has 1 aromatic carbocycles. The van der Waals surface area contributed by atoms with Gasteiger partial charge in [0.2, 0.25) is 11.7 Å². The number of para-hydroxylation sites is 1. The standard InChI is InChI=1S/C16H15NO4/c1-10-12(8-14(21-10)16(19)20)9-17-13-5-3-2-4-11(13)6-7-15(17)18/h2-5,8H,6-7,9H2,1H3,(H,19,20). The number of anilines is 1. The fourth-order valence-electron chi connectivity index (χ4n) is 2.62. The molecule has 3 rings (SSSR count). The van der Waals surface area contributed by atoms with Crippen molar-refractivity contribution in [3.63, 3.8) is 0 Å². The Balaban J connectivity index is 1.94. The number of carbonyl (C=O) groups is 2. The Bertz CT molecular complexity index is 717. The highest BCUT2D eigenvalue weighted by Crippen LogP contribution is 2.30. The van der Waals surface area contributed by atoms with E-state index in [9.17, 15) is 9.59 Å². The Kier molecular flexibility index (Phi) is 3.25. The van der Waals surface area contributed by atoms with Crippen LogP contribution in [0.5, 0.6) is 0 Å². The number of carboxylic acids is 1. The van der Waals surface area contributed by atoms with Crippen molar-refractivity contribution in [1.82, 2.24) is 0 Å². The Morgan fingerprint density at radius 1 is 1.33 bits per heavy atom. The highest BCUT2D eigenvalue weighted by Gasteiger charge is 2.25. The lowest BCUT2D eigenvalue weighted by Crippen LogP contribution is -2.34. The highest BCUT2D eigenvalue weighted by atomic mass is 16.4. The van der Waals surface area contributed by atoms with E-state index < -0.39 is 5.97 Å². The van der Waals surface area contributed by atoms with Crippen LogP contribution < -0.4 is 4.90 Å². The van der Waals surface area contributed by atoms with E-state index in [1.807, 2.05) is 24.3 Å². The lowest BCUT2D eigenvalue weighted by molar-refractivity contribution is -0.119. The molecule has 5 nitrogen and oxygen atoms in total. The molecule has 0 unspecified atom stereocenters. The molecule has 1 aliphatic heterocycles. The molecule has 21 heavy (non-hydrogen) atoms. The van der Waals surface area contributed by atoms with Crippen LogP contribution in [0, 0.1) is 6.92 Å². The van der Waals surface area contributed by atoms with Crippen LogP contribution >= 0.6 is 0 Å². The van der Waals surface area contributed by atoms with Gasteiger partial charge in [-0.1, -0.05) is 18.2 Å². The number of amides is 1. The number of hydrogen-bond donors (Lipinski definition) is 1. The molecule has 1 amide bonds. The van der Waals surface area contributed by atoms with Gasteiger partial charge in [0.05, 0.1) is 6.54 Å². The van der Waals surface area contributed by atoms with Crippen LogP contribution in [0.3, 0.4) is 0 Å². The number of fused-ring (bicyclic) bond motifs is 1. The molecule has 0 spiro atoms. The largest absolute Gasteiger partial charge is 0.475 e. The maximum atomic E-state index is 12.2. The van der Waals surface area contributed by atoms with Gasteiger partial charge in [0.25, 0.3) is 0 Å². The fourth-order valence-corrected chi connectivity index (χ4v) is 2.62. The van der Waals surface area contributed by atoms with E-state index >= 15 is 0 Å². The van der Waals surface area contributed by atoms with Gasteiger partial charge in [-0.05, 0) is 31.0 Å². The third kappa shape index (κ3) is 2.42. The van der Waals surface area contributed by atoms with Crippen molar-refractivity contribution in [2.45, 2.75) is 26.3 Å². The second-order valence-electron chi connectivity index (χ2n) is 5.11. The van der Waals surface area contributed by atoms with Crippen LogP contribution in [0.1, 0.15) is 33.9 Å². The van der Waals surface area contributed by atoms with Crippen LogP contribution in [0.15, 0.2) is 34.7 Å². The number of carbonyl (C=O) groups excluding carboxylic acids is 1. The molecule has 108 valence electrons. The molecule has 2 aromatic rings. The summed E-state index contributed by atoms with van der Waals surface area (Å²) in [6.45, 7) is 2.04. The summed E-state index contributed by atoms with van der Waals surface area (Å²) in [6.07, 6.45) is 1.22. The molecule has 0 saturated carbocycles. The average Bonchev–Trinajstić information content (AvgIpc) is 2.84. The molecule has 0 bridgehead atoms. The predicted octanol–water partition coefficient (Wildman–Crippen LogP) is 2.77. The molecular formula is C16H15NO4. The van der Waals surface area contributed by atoms with Gasteiger partial charge in [-0.25, -0.2) is 4.79 Å². The zero-order valence-corrected chi connectivity index (χ0v) is 11.6. The first-order chi connectivity index (χ1) is 10.1. The number of nitrogens with zero attached hydrogens (tertiary/aromatic N) is 1. The van der Waals surface area contributed by atoms with Gasteiger partial charge in [-0.15, -0.1) is 0 Å². The highest BCUT2D eigenvalue weighted by molar-refractivity contribution is 5.96. The maximum absolute atomic E-state index is 12.2. The van der Waals surface area contributed by atoms with Crippen molar-refractivity contribution in [2.75, 3.05) is 4.90 Å². The van der Waals surface area contributed by atoms with Crippen LogP contribution in [0.4, 0.5) is 5.69 Å². The lowest BCUT2D eigenvalue weighted by Gasteiger charge is -2.29. The second kappa shape index (κ2) is 5.09. The number of benzene rings is 1. The summed E-state index contributed by atoms with van der Waals surface area (Å²) in [4.78, 5) is 24.8. The van der Waals surface area contributed by atoms with Crippen molar-refractivity contribution in [2.24, 2.45) is 0 Å². The monoisotopic (exact) mass is 285 g/mol. The molecule has 1 aromatic heterocycles.